The number of piperazine rings is 1. The summed E-state index contributed by atoms with van der Waals surface area (Å²) in [6.07, 6.45) is 4.23. The first kappa shape index (κ1) is 23.9. The number of pyridine rings is 1. The number of benzene rings is 2. The molecule has 3 fully saturated rings. The number of rotatable bonds is 5. The average Bonchev–Trinajstić information content (AvgIpc) is 3.83. The summed E-state index contributed by atoms with van der Waals surface area (Å²) in [5, 5.41) is 0. The van der Waals surface area contributed by atoms with Gasteiger partial charge in [-0.3, -0.25) is 14.5 Å². The van der Waals surface area contributed by atoms with Crippen LogP contribution in [0.15, 0.2) is 72.8 Å². The van der Waals surface area contributed by atoms with Gasteiger partial charge in [-0.15, -0.1) is 0 Å². The number of hydrogen-bond acceptors (Lipinski definition) is 4. The SMILES string of the molecule is O=C(c1cc(-c2ccccc2)nc(-c2ccccc2)c1)N1CCN(C2CCN(C(=O)C3CC3)CC2)CC1. The van der Waals surface area contributed by atoms with Crippen LogP contribution in [0.25, 0.3) is 22.5 Å². The van der Waals surface area contributed by atoms with Crippen molar-refractivity contribution >= 4 is 11.8 Å². The molecule has 1 aromatic heterocycles. The van der Waals surface area contributed by atoms with Crippen molar-refractivity contribution in [3.63, 3.8) is 0 Å². The molecule has 0 radical (unpaired) electrons. The minimum atomic E-state index is 0.0706. The van der Waals surface area contributed by atoms with Gasteiger partial charge in [-0.1, -0.05) is 60.7 Å². The molecule has 6 heteroatoms. The van der Waals surface area contributed by atoms with Gasteiger partial charge in [0.2, 0.25) is 5.91 Å². The van der Waals surface area contributed by atoms with Gasteiger partial charge in [-0.2, -0.15) is 0 Å². The first-order chi connectivity index (χ1) is 18.2. The fourth-order valence-corrected chi connectivity index (χ4v) is 5.68. The highest BCUT2D eigenvalue weighted by atomic mass is 16.2. The van der Waals surface area contributed by atoms with E-state index in [-0.39, 0.29) is 5.91 Å². The number of aromatic nitrogens is 1. The van der Waals surface area contributed by atoms with Gasteiger partial charge in [0.1, 0.15) is 0 Å². The van der Waals surface area contributed by atoms with Gasteiger partial charge >= 0.3 is 0 Å². The number of piperidine rings is 1. The van der Waals surface area contributed by atoms with E-state index in [9.17, 15) is 9.59 Å². The molecule has 37 heavy (non-hydrogen) atoms. The second-order valence-electron chi connectivity index (χ2n) is 10.5. The maximum Gasteiger partial charge on any atom is 0.254 e. The lowest BCUT2D eigenvalue weighted by molar-refractivity contribution is -0.134. The van der Waals surface area contributed by atoms with Gasteiger partial charge in [0.25, 0.3) is 5.91 Å². The van der Waals surface area contributed by atoms with Crippen LogP contribution in [0.3, 0.4) is 0 Å². The Hall–Kier alpha value is -3.51. The van der Waals surface area contributed by atoms with Crippen molar-refractivity contribution < 1.29 is 9.59 Å². The van der Waals surface area contributed by atoms with E-state index in [1.165, 1.54) is 0 Å². The number of likely N-dealkylation sites (tertiary alicyclic amines) is 1. The van der Waals surface area contributed by atoms with Crippen LogP contribution in [0.4, 0.5) is 0 Å². The van der Waals surface area contributed by atoms with E-state index in [2.05, 4.69) is 9.80 Å². The van der Waals surface area contributed by atoms with Gasteiger partial charge in [0.05, 0.1) is 11.4 Å². The van der Waals surface area contributed by atoms with Crippen molar-refractivity contribution in [1.29, 1.82) is 0 Å². The molecule has 3 aliphatic rings. The monoisotopic (exact) mass is 494 g/mol. The third-order valence-corrected chi connectivity index (χ3v) is 8.03. The van der Waals surface area contributed by atoms with Crippen molar-refractivity contribution in [1.82, 2.24) is 19.7 Å². The molecule has 6 nitrogen and oxygen atoms in total. The van der Waals surface area contributed by atoms with Gasteiger partial charge in [-0.25, -0.2) is 4.98 Å². The van der Waals surface area contributed by atoms with E-state index in [4.69, 9.17) is 4.98 Å². The van der Waals surface area contributed by atoms with Crippen LogP contribution in [0.1, 0.15) is 36.0 Å². The zero-order valence-electron chi connectivity index (χ0n) is 21.3. The lowest BCUT2D eigenvalue weighted by atomic mass is 10.0. The number of carbonyl (C=O) groups excluding carboxylic acids is 2. The molecule has 2 aliphatic heterocycles. The molecule has 1 saturated carbocycles. The van der Waals surface area contributed by atoms with Crippen LogP contribution in [-0.4, -0.2) is 76.8 Å². The quantitative estimate of drug-likeness (QED) is 0.521. The highest BCUT2D eigenvalue weighted by molar-refractivity contribution is 5.96. The highest BCUT2D eigenvalue weighted by Crippen LogP contribution is 2.32. The van der Waals surface area contributed by atoms with Crippen LogP contribution in [-0.2, 0) is 4.79 Å². The molecule has 6 rings (SSSR count). The summed E-state index contributed by atoms with van der Waals surface area (Å²) in [4.78, 5) is 37.6. The van der Waals surface area contributed by atoms with E-state index >= 15 is 0 Å². The summed E-state index contributed by atoms with van der Waals surface area (Å²) < 4.78 is 0. The molecule has 3 heterocycles. The molecule has 0 atom stereocenters. The molecule has 2 amide bonds. The van der Waals surface area contributed by atoms with E-state index in [0.717, 1.165) is 87.5 Å². The van der Waals surface area contributed by atoms with Crippen molar-refractivity contribution in [2.75, 3.05) is 39.3 Å². The fraction of sp³-hybridized carbons (Fsp3) is 0.387. The van der Waals surface area contributed by atoms with Gasteiger partial charge in [-0.05, 0) is 37.8 Å². The van der Waals surface area contributed by atoms with Crippen molar-refractivity contribution in [2.24, 2.45) is 5.92 Å². The zero-order chi connectivity index (χ0) is 25.2. The second kappa shape index (κ2) is 10.5. The maximum absolute atomic E-state index is 13.7. The van der Waals surface area contributed by atoms with Gasteiger partial charge in [0.15, 0.2) is 0 Å². The summed E-state index contributed by atoms with van der Waals surface area (Å²) in [6.45, 7) is 4.97. The maximum atomic E-state index is 13.7. The lowest BCUT2D eigenvalue weighted by Crippen LogP contribution is -2.54. The van der Waals surface area contributed by atoms with Crippen LogP contribution in [0, 0.1) is 5.92 Å². The van der Waals surface area contributed by atoms with Gasteiger partial charge in [0, 0.05) is 67.9 Å². The third-order valence-electron chi connectivity index (χ3n) is 8.03. The third kappa shape index (κ3) is 5.30. The van der Waals surface area contributed by atoms with Crippen LogP contribution >= 0.6 is 0 Å². The zero-order valence-corrected chi connectivity index (χ0v) is 21.3. The van der Waals surface area contributed by atoms with Crippen molar-refractivity contribution in [3.8, 4) is 22.5 Å². The predicted octanol–water partition coefficient (Wildman–Crippen LogP) is 4.57. The number of amides is 2. The Morgan fingerprint density at radius 3 is 1.70 bits per heavy atom. The van der Waals surface area contributed by atoms with Crippen molar-refractivity contribution in [2.45, 2.75) is 31.7 Å². The second-order valence-corrected chi connectivity index (χ2v) is 10.5. The number of nitrogens with zero attached hydrogens (tertiary/aromatic N) is 4. The van der Waals surface area contributed by atoms with E-state index in [1.807, 2.05) is 77.7 Å². The largest absolute Gasteiger partial charge is 0.342 e. The molecule has 1 aliphatic carbocycles. The Morgan fingerprint density at radius 1 is 0.649 bits per heavy atom. The van der Waals surface area contributed by atoms with Crippen LogP contribution in [0.2, 0.25) is 0 Å². The summed E-state index contributed by atoms with van der Waals surface area (Å²) in [6, 6.07) is 24.5. The fourth-order valence-electron chi connectivity index (χ4n) is 5.68. The Morgan fingerprint density at radius 2 is 1.19 bits per heavy atom. The average molecular weight is 495 g/mol. The summed E-state index contributed by atoms with van der Waals surface area (Å²) in [7, 11) is 0. The molecule has 3 aromatic rings. The summed E-state index contributed by atoms with van der Waals surface area (Å²) in [5.41, 5.74) is 4.33. The molecule has 0 spiro atoms. The van der Waals surface area contributed by atoms with E-state index in [1.54, 1.807) is 0 Å². The van der Waals surface area contributed by atoms with E-state index in [0.29, 0.717) is 23.4 Å². The molecule has 2 aromatic carbocycles. The predicted molar refractivity (Wildman–Crippen MR) is 145 cm³/mol. The Kier molecular flexibility index (Phi) is 6.75. The summed E-state index contributed by atoms with van der Waals surface area (Å²) >= 11 is 0. The number of carbonyl (C=O) groups is 2. The minimum absolute atomic E-state index is 0.0706. The van der Waals surface area contributed by atoms with Crippen LogP contribution < -0.4 is 0 Å². The molecule has 190 valence electrons. The van der Waals surface area contributed by atoms with Gasteiger partial charge < -0.3 is 9.80 Å². The lowest BCUT2D eigenvalue weighted by Gasteiger charge is -2.42. The van der Waals surface area contributed by atoms with E-state index < -0.39 is 0 Å². The molecule has 0 N–H and O–H groups in total. The molecular formula is C31H34N4O2. The smallest absolute Gasteiger partial charge is 0.254 e. The molecule has 0 unspecified atom stereocenters. The molecular weight excluding hydrogens is 460 g/mol. The first-order valence-electron chi connectivity index (χ1n) is 13.6. The minimum Gasteiger partial charge on any atom is -0.342 e. The Balaban J connectivity index is 1.14. The number of hydrogen-bond donors (Lipinski definition) is 0. The normalized spacial score (nSPS) is 19.1. The summed E-state index contributed by atoms with van der Waals surface area (Å²) in [5.74, 6) is 0.751. The topological polar surface area (TPSA) is 56.8 Å². The first-order valence-corrected chi connectivity index (χ1v) is 13.6. The molecule has 2 saturated heterocycles. The van der Waals surface area contributed by atoms with Crippen molar-refractivity contribution in [3.05, 3.63) is 78.4 Å². The standard InChI is InChI=1S/C31H34N4O2/c36-30(25-11-12-25)34-15-13-27(14-16-34)33-17-19-35(20-18-33)31(37)26-21-28(23-7-3-1-4-8-23)32-29(22-26)24-9-5-2-6-10-24/h1-10,21-22,25,27H,11-20H2. The Labute approximate surface area is 218 Å². The molecule has 0 bridgehead atoms. The highest BCUT2D eigenvalue weighted by Gasteiger charge is 2.36. The van der Waals surface area contributed by atoms with Crippen LogP contribution in [0.5, 0.6) is 0 Å². The Bertz CT molecular complexity index is 1180.